The highest BCUT2D eigenvalue weighted by Gasteiger charge is 2.06. The highest BCUT2D eigenvalue weighted by Crippen LogP contribution is 1.98. The summed E-state index contributed by atoms with van der Waals surface area (Å²) in [7, 11) is 0. The van der Waals surface area contributed by atoms with Gasteiger partial charge >= 0.3 is 0 Å². The van der Waals surface area contributed by atoms with Crippen molar-refractivity contribution < 1.29 is 4.79 Å². The van der Waals surface area contributed by atoms with Crippen LogP contribution in [0.25, 0.3) is 0 Å². The number of rotatable bonds is 4. The van der Waals surface area contributed by atoms with Gasteiger partial charge < -0.3 is 10.1 Å². The van der Waals surface area contributed by atoms with Gasteiger partial charge in [-0.15, -0.1) is 0 Å². The summed E-state index contributed by atoms with van der Waals surface area (Å²) in [5.74, 6) is 0. The molecule has 0 spiro atoms. The van der Waals surface area contributed by atoms with E-state index in [4.69, 9.17) is 0 Å². The van der Waals surface area contributed by atoms with E-state index in [0.717, 1.165) is 19.3 Å². The molecule has 0 unspecified atom stereocenters. The van der Waals surface area contributed by atoms with Gasteiger partial charge in [0, 0.05) is 12.0 Å². The van der Waals surface area contributed by atoms with E-state index in [-0.39, 0.29) is 5.54 Å². The minimum absolute atomic E-state index is 0.183. The molecule has 0 amide bonds. The first-order valence-corrected chi connectivity index (χ1v) is 3.75. The summed E-state index contributed by atoms with van der Waals surface area (Å²) in [6.07, 6.45) is 2.58. The Hall–Kier alpha value is -0.370. The predicted molar refractivity (Wildman–Crippen MR) is 43.1 cm³/mol. The summed E-state index contributed by atoms with van der Waals surface area (Å²) < 4.78 is 0. The van der Waals surface area contributed by atoms with Crippen LogP contribution >= 0.6 is 0 Å². The Morgan fingerprint density at radius 3 is 2.40 bits per heavy atom. The van der Waals surface area contributed by atoms with Crippen LogP contribution in [0.2, 0.25) is 0 Å². The molecule has 0 aromatic heterocycles. The van der Waals surface area contributed by atoms with Gasteiger partial charge in [-0.25, -0.2) is 0 Å². The Morgan fingerprint density at radius 2 is 2.00 bits per heavy atom. The van der Waals surface area contributed by atoms with E-state index in [0.29, 0.717) is 6.42 Å². The molecule has 0 aromatic rings. The van der Waals surface area contributed by atoms with Gasteiger partial charge in [-0.05, 0) is 33.7 Å². The first-order chi connectivity index (χ1) is 4.56. The molecule has 0 saturated carbocycles. The van der Waals surface area contributed by atoms with Crippen LogP contribution in [-0.2, 0) is 4.79 Å². The van der Waals surface area contributed by atoms with Gasteiger partial charge in [-0.1, -0.05) is 0 Å². The molecule has 0 fully saturated rings. The number of nitrogens with one attached hydrogen (secondary N) is 1. The SMILES string of the molecule is CC(C)(C)NCCCC=O. The second kappa shape index (κ2) is 4.45. The van der Waals surface area contributed by atoms with E-state index in [2.05, 4.69) is 26.1 Å². The number of hydrogen-bond donors (Lipinski definition) is 1. The molecule has 2 heteroatoms. The van der Waals surface area contributed by atoms with Crippen LogP contribution in [0, 0.1) is 0 Å². The van der Waals surface area contributed by atoms with E-state index in [1.807, 2.05) is 0 Å². The molecule has 0 aliphatic rings. The molecule has 0 saturated heterocycles. The maximum Gasteiger partial charge on any atom is 0.120 e. The van der Waals surface area contributed by atoms with Crippen molar-refractivity contribution in [2.75, 3.05) is 6.54 Å². The average molecular weight is 143 g/mol. The monoisotopic (exact) mass is 143 g/mol. The maximum atomic E-state index is 9.90. The molecule has 1 N–H and O–H groups in total. The van der Waals surface area contributed by atoms with Gasteiger partial charge in [-0.3, -0.25) is 0 Å². The summed E-state index contributed by atoms with van der Waals surface area (Å²) in [5, 5.41) is 3.30. The third-order valence-electron chi connectivity index (χ3n) is 1.15. The Kier molecular flexibility index (Phi) is 4.28. The minimum Gasteiger partial charge on any atom is -0.312 e. The maximum absolute atomic E-state index is 9.90. The number of hydrogen-bond acceptors (Lipinski definition) is 2. The summed E-state index contributed by atoms with van der Waals surface area (Å²) in [6.45, 7) is 7.29. The highest BCUT2D eigenvalue weighted by molar-refractivity contribution is 5.48. The third-order valence-corrected chi connectivity index (χ3v) is 1.15. The van der Waals surface area contributed by atoms with Gasteiger partial charge in [0.25, 0.3) is 0 Å². The van der Waals surface area contributed by atoms with E-state index in [1.165, 1.54) is 0 Å². The van der Waals surface area contributed by atoms with Crippen molar-refractivity contribution in [2.45, 2.75) is 39.2 Å². The van der Waals surface area contributed by atoms with Crippen LogP contribution in [-0.4, -0.2) is 18.4 Å². The zero-order chi connectivity index (χ0) is 8.04. The van der Waals surface area contributed by atoms with Gasteiger partial charge in [0.15, 0.2) is 0 Å². The summed E-state index contributed by atoms with van der Waals surface area (Å²) in [6, 6.07) is 0. The molecule has 0 radical (unpaired) electrons. The fraction of sp³-hybridized carbons (Fsp3) is 0.875. The second-order valence-electron chi connectivity index (χ2n) is 3.49. The quantitative estimate of drug-likeness (QED) is 0.475. The largest absolute Gasteiger partial charge is 0.312 e. The van der Waals surface area contributed by atoms with Crippen molar-refractivity contribution in [3.63, 3.8) is 0 Å². The summed E-state index contributed by atoms with van der Waals surface area (Å²) in [4.78, 5) is 9.90. The van der Waals surface area contributed by atoms with Crippen LogP contribution < -0.4 is 5.32 Å². The molecular weight excluding hydrogens is 126 g/mol. The molecule has 0 heterocycles. The van der Waals surface area contributed by atoms with Gasteiger partial charge in [-0.2, -0.15) is 0 Å². The van der Waals surface area contributed by atoms with Crippen molar-refractivity contribution in [1.82, 2.24) is 5.32 Å². The fourth-order valence-corrected chi connectivity index (χ4v) is 0.649. The zero-order valence-electron chi connectivity index (χ0n) is 7.11. The van der Waals surface area contributed by atoms with Crippen LogP contribution in [0.3, 0.4) is 0 Å². The van der Waals surface area contributed by atoms with Crippen molar-refractivity contribution in [1.29, 1.82) is 0 Å². The lowest BCUT2D eigenvalue weighted by molar-refractivity contribution is -0.107. The first-order valence-electron chi connectivity index (χ1n) is 3.75. The predicted octanol–water partition coefficient (Wildman–Crippen LogP) is 1.35. The van der Waals surface area contributed by atoms with Crippen LogP contribution in [0.4, 0.5) is 0 Å². The Balaban J connectivity index is 3.12. The Labute approximate surface area is 63.0 Å². The van der Waals surface area contributed by atoms with Crippen LogP contribution in [0.1, 0.15) is 33.6 Å². The van der Waals surface area contributed by atoms with E-state index < -0.39 is 0 Å². The normalized spacial score (nSPS) is 11.5. The second-order valence-corrected chi connectivity index (χ2v) is 3.49. The summed E-state index contributed by atoms with van der Waals surface area (Å²) >= 11 is 0. The first kappa shape index (κ1) is 9.63. The van der Waals surface area contributed by atoms with E-state index >= 15 is 0 Å². The zero-order valence-corrected chi connectivity index (χ0v) is 7.11. The molecule has 0 aliphatic carbocycles. The molecular formula is C8H17NO. The van der Waals surface area contributed by atoms with Gasteiger partial charge in [0.2, 0.25) is 0 Å². The molecule has 60 valence electrons. The Morgan fingerprint density at radius 1 is 1.40 bits per heavy atom. The van der Waals surface area contributed by atoms with Gasteiger partial charge in [0.05, 0.1) is 0 Å². The minimum atomic E-state index is 0.183. The molecule has 0 aromatic carbocycles. The van der Waals surface area contributed by atoms with Crippen LogP contribution in [0.5, 0.6) is 0 Å². The number of aldehydes is 1. The summed E-state index contributed by atoms with van der Waals surface area (Å²) in [5.41, 5.74) is 0.183. The van der Waals surface area contributed by atoms with Crippen molar-refractivity contribution in [3.05, 3.63) is 0 Å². The van der Waals surface area contributed by atoms with Crippen molar-refractivity contribution in [2.24, 2.45) is 0 Å². The smallest absolute Gasteiger partial charge is 0.120 e. The van der Waals surface area contributed by atoms with Gasteiger partial charge in [0.1, 0.15) is 6.29 Å². The molecule has 0 rings (SSSR count). The molecule has 0 aliphatic heterocycles. The van der Waals surface area contributed by atoms with Crippen molar-refractivity contribution >= 4 is 6.29 Å². The molecule has 2 nitrogen and oxygen atoms in total. The third kappa shape index (κ3) is 7.63. The molecule has 0 bridgehead atoms. The molecule has 0 atom stereocenters. The lowest BCUT2D eigenvalue weighted by Crippen LogP contribution is -2.36. The number of carbonyl (C=O) groups is 1. The fourth-order valence-electron chi connectivity index (χ4n) is 0.649. The van der Waals surface area contributed by atoms with E-state index in [1.54, 1.807) is 0 Å². The molecule has 10 heavy (non-hydrogen) atoms. The van der Waals surface area contributed by atoms with Crippen LogP contribution in [0.15, 0.2) is 0 Å². The lowest BCUT2D eigenvalue weighted by atomic mass is 10.1. The topological polar surface area (TPSA) is 29.1 Å². The number of carbonyl (C=O) groups excluding carboxylic acids is 1. The average Bonchev–Trinajstić information content (AvgIpc) is 1.78. The number of unbranched alkanes of at least 4 members (excludes halogenated alkanes) is 1. The van der Waals surface area contributed by atoms with E-state index in [9.17, 15) is 4.79 Å². The van der Waals surface area contributed by atoms with Crippen molar-refractivity contribution in [3.8, 4) is 0 Å². The lowest BCUT2D eigenvalue weighted by Gasteiger charge is -2.19. The highest BCUT2D eigenvalue weighted by atomic mass is 16.1. The Bertz CT molecular complexity index is 93.9. The standard InChI is InChI=1S/C8H17NO/c1-8(2,3)9-6-4-5-7-10/h7,9H,4-6H2,1-3H3.